The van der Waals surface area contributed by atoms with Crippen molar-refractivity contribution in [3.63, 3.8) is 0 Å². The Labute approximate surface area is 96.6 Å². The van der Waals surface area contributed by atoms with E-state index in [1.54, 1.807) is 18.9 Å². The summed E-state index contributed by atoms with van der Waals surface area (Å²) in [5, 5.41) is 9.28. The Bertz CT molecular complexity index is 237. The van der Waals surface area contributed by atoms with Gasteiger partial charge < -0.3 is 20.5 Å². The minimum absolute atomic E-state index is 0.0270. The normalized spacial score (nSPS) is 21.5. The van der Waals surface area contributed by atoms with E-state index in [0.717, 1.165) is 0 Å². The smallest absolute Gasteiger partial charge is 0.230 e. The molecule has 1 unspecified atom stereocenters. The molecule has 3 N–H and O–H groups in total. The Morgan fingerprint density at radius 1 is 1.56 bits per heavy atom. The molecule has 16 heavy (non-hydrogen) atoms. The predicted octanol–water partition coefficient (Wildman–Crippen LogP) is -0.419. The molecule has 0 saturated carbocycles. The largest absolute Gasteiger partial charge is 0.392 e. The second kappa shape index (κ2) is 5.61. The summed E-state index contributed by atoms with van der Waals surface area (Å²) in [6.07, 6.45) is 0.836. The molecule has 0 aromatic heterocycles. The number of aliphatic hydroxyl groups excluding tert-OH is 1. The van der Waals surface area contributed by atoms with E-state index in [0.29, 0.717) is 39.1 Å². The zero-order chi connectivity index (χ0) is 12.2. The van der Waals surface area contributed by atoms with Gasteiger partial charge in [-0.15, -0.1) is 0 Å². The molecule has 1 saturated heterocycles. The lowest BCUT2D eigenvalue weighted by Crippen LogP contribution is -2.50. The van der Waals surface area contributed by atoms with Crippen LogP contribution in [0.1, 0.15) is 19.8 Å². The summed E-state index contributed by atoms with van der Waals surface area (Å²) in [6.45, 7) is 3.54. The molecule has 0 aromatic carbocycles. The van der Waals surface area contributed by atoms with Crippen LogP contribution in [0.3, 0.4) is 0 Å². The minimum Gasteiger partial charge on any atom is -0.392 e. The van der Waals surface area contributed by atoms with Gasteiger partial charge in [0.2, 0.25) is 5.91 Å². The average molecular weight is 230 g/mol. The number of amides is 1. The fraction of sp³-hybridized carbons (Fsp3) is 0.909. The number of rotatable bonds is 4. The summed E-state index contributed by atoms with van der Waals surface area (Å²) in [6, 6.07) is 0. The lowest BCUT2D eigenvalue weighted by atomic mass is 9.79. The van der Waals surface area contributed by atoms with Crippen LogP contribution < -0.4 is 5.73 Å². The second-order valence-electron chi connectivity index (χ2n) is 4.63. The van der Waals surface area contributed by atoms with Crippen LogP contribution in [-0.4, -0.2) is 55.4 Å². The van der Waals surface area contributed by atoms with E-state index in [9.17, 15) is 9.90 Å². The monoisotopic (exact) mass is 230 g/mol. The van der Waals surface area contributed by atoms with Crippen molar-refractivity contribution in [3.8, 4) is 0 Å². The summed E-state index contributed by atoms with van der Waals surface area (Å²) in [5.74, 6) is 0.0270. The van der Waals surface area contributed by atoms with Crippen LogP contribution >= 0.6 is 0 Å². The van der Waals surface area contributed by atoms with E-state index < -0.39 is 11.5 Å². The Morgan fingerprint density at radius 2 is 2.12 bits per heavy atom. The van der Waals surface area contributed by atoms with E-state index in [4.69, 9.17) is 10.5 Å². The topological polar surface area (TPSA) is 75.8 Å². The van der Waals surface area contributed by atoms with Crippen molar-refractivity contribution in [3.05, 3.63) is 0 Å². The zero-order valence-corrected chi connectivity index (χ0v) is 10.1. The molecule has 0 spiro atoms. The number of ether oxygens (including phenoxy) is 1. The van der Waals surface area contributed by atoms with Gasteiger partial charge in [-0.2, -0.15) is 0 Å². The highest BCUT2D eigenvalue weighted by Crippen LogP contribution is 2.31. The van der Waals surface area contributed by atoms with Gasteiger partial charge in [-0.25, -0.2) is 0 Å². The van der Waals surface area contributed by atoms with Crippen LogP contribution in [0, 0.1) is 5.41 Å². The molecule has 94 valence electrons. The molecule has 1 aliphatic rings. The third-order valence-corrected chi connectivity index (χ3v) is 3.18. The third-order valence-electron chi connectivity index (χ3n) is 3.18. The van der Waals surface area contributed by atoms with Crippen molar-refractivity contribution in [2.75, 3.05) is 33.4 Å². The van der Waals surface area contributed by atoms with Crippen LogP contribution in [-0.2, 0) is 9.53 Å². The molecule has 1 aliphatic heterocycles. The molecule has 1 rings (SSSR count). The van der Waals surface area contributed by atoms with Crippen molar-refractivity contribution < 1.29 is 14.6 Å². The first-order valence-electron chi connectivity index (χ1n) is 5.73. The van der Waals surface area contributed by atoms with Gasteiger partial charge in [0, 0.05) is 33.4 Å². The van der Waals surface area contributed by atoms with E-state index in [1.165, 1.54) is 0 Å². The quantitative estimate of drug-likeness (QED) is 0.688. The third kappa shape index (κ3) is 2.93. The van der Waals surface area contributed by atoms with Crippen LogP contribution in [0.4, 0.5) is 0 Å². The summed E-state index contributed by atoms with van der Waals surface area (Å²) < 4.78 is 5.26. The van der Waals surface area contributed by atoms with E-state index in [2.05, 4.69) is 0 Å². The van der Waals surface area contributed by atoms with Gasteiger partial charge in [-0.3, -0.25) is 4.79 Å². The fourth-order valence-electron chi connectivity index (χ4n) is 2.15. The lowest BCUT2D eigenvalue weighted by Gasteiger charge is -2.37. The predicted molar refractivity (Wildman–Crippen MR) is 60.9 cm³/mol. The van der Waals surface area contributed by atoms with Crippen molar-refractivity contribution in [1.82, 2.24) is 4.90 Å². The van der Waals surface area contributed by atoms with Gasteiger partial charge in [0.25, 0.3) is 0 Å². The fourth-order valence-corrected chi connectivity index (χ4v) is 2.15. The number of nitrogens with two attached hydrogens (primary N) is 1. The number of likely N-dealkylation sites (N-methyl/N-ethyl adjacent to an activating group) is 1. The maximum atomic E-state index is 12.3. The Hall–Kier alpha value is -0.650. The van der Waals surface area contributed by atoms with Gasteiger partial charge in [-0.1, -0.05) is 0 Å². The number of carbonyl (C=O) groups excluding carboxylic acids is 1. The van der Waals surface area contributed by atoms with Gasteiger partial charge >= 0.3 is 0 Å². The van der Waals surface area contributed by atoms with Crippen molar-refractivity contribution in [1.29, 1.82) is 0 Å². The molecule has 1 heterocycles. The summed E-state index contributed by atoms with van der Waals surface area (Å²) in [4.78, 5) is 13.8. The molecule has 0 radical (unpaired) electrons. The summed E-state index contributed by atoms with van der Waals surface area (Å²) in [5.41, 5.74) is 5.26. The average Bonchev–Trinajstić information content (AvgIpc) is 2.28. The molecule has 1 amide bonds. The molecule has 1 fully saturated rings. The van der Waals surface area contributed by atoms with Gasteiger partial charge in [0.05, 0.1) is 11.5 Å². The van der Waals surface area contributed by atoms with Crippen LogP contribution in [0.25, 0.3) is 0 Å². The highest BCUT2D eigenvalue weighted by molar-refractivity contribution is 5.83. The van der Waals surface area contributed by atoms with E-state index >= 15 is 0 Å². The summed E-state index contributed by atoms with van der Waals surface area (Å²) >= 11 is 0. The molecule has 1 atom stereocenters. The highest BCUT2D eigenvalue weighted by Gasteiger charge is 2.40. The minimum atomic E-state index is -0.511. The summed E-state index contributed by atoms with van der Waals surface area (Å²) in [7, 11) is 1.71. The zero-order valence-electron chi connectivity index (χ0n) is 10.1. The maximum absolute atomic E-state index is 12.3. The number of hydrogen-bond donors (Lipinski definition) is 2. The van der Waals surface area contributed by atoms with Crippen LogP contribution in [0.5, 0.6) is 0 Å². The molecule has 0 bridgehead atoms. The molecule has 0 aliphatic carbocycles. The Morgan fingerprint density at radius 3 is 2.56 bits per heavy atom. The lowest BCUT2D eigenvalue weighted by molar-refractivity contribution is -0.146. The van der Waals surface area contributed by atoms with Crippen LogP contribution in [0.2, 0.25) is 0 Å². The van der Waals surface area contributed by atoms with E-state index in [-0.39, 0.29) is 5.91 Å². The van der Waals surface area contributed by atoms with Gasteiger partial charge in [0.15, 0.2) is 0 Å². The molecular weight excluding hydrogens is 208 g/mol. The number of carbonyl (C=O) groups is 1. The van der Waals surface area contributed by atoms with Gasteiger partial charge in [0.1, 0.15) is 0 Å². The Balaban J connectivity index is 2.67. The molecule has 5 nitrogen and oxygen atoms in total. The second-order valence-corrected chi connectivity index (χ2v) is 4.63. The number of aliphatic hydroxyl groups is 1. The molecule has 5 heteroatoms. The molecular formula is C11H22N2O3. The van der Waals surface area contributed by atoms with Gasteiger partial charge in [-0.05, 0) is 19.8 Å². The highest BCUT2D eigenvalue weighted by atomic mass is 16.5. The maximum Gasteiger partial charge on any atom is 0.230 e. The standard InChI is InChI=1S/C11H22N2O3/c1-9(14)7-13(2)10(15)11(8-12)3-5-16-6-4-11/h9,14H,3-8,12H2,1-2H3. The number of hydrogen-bond acceptors (Lipinski definition) is 4. The van der Waals surface area contributed by atoms with E-state index in [1.807, 2.05) is 0 Å². The first-order valence-corrected chi connectivity index (χ1v) is 5.73. The molecule has 0 aromatic rings. The van der Waals surface area contributed by atoms with Crippen LogP contribution in [0.15, 0.2) is 0 Å². The first kappa shape index (κ1) is 13.4. The first-order chi connectivity index (χ1) is 7.52. The number of nitrogens with zero attached hydrogens (tertiary/aromatic N) is 1. The van der Waals surface area contributed by atoms with Crippen molar-refractivity contribution in [2.24, 2.45) is 11.1 Å². The van der Waals surface area contributed by atoms with Crippen molar-refractivity contribution in [2.45, 2.75) is 25.9 Å². The SMILES string of the molecule is CC(O)CN(C)C(=O)C1(CN)CCOCC1. The Kier molecular flexibility index (Phi) is 4.70. The van der Waals surface area contributed by atoms with Crippen molar-refractivity contribution >= 4 is 5.91 Å².